The van der Waals surface area contributed by atoms with Crippen LogP contribution in [-0.4, -0.2) is 3.71 Å². The van der Waals surface area contributed by atoms with Gasteiger partial charge in [0.25, 0.3) is 0 Å². The first-order valence-electron chi connectivity index (χ1n) is 13.4. The predicted molar refractivity (Wildman–Crippen MR) is 158 cm³/mol. The van der Waals surface area contributed by atoms with E-state index in [9.17, 15) is 4.39 Å². The van der Waals surface area contributed by atoms with Crippen molar-refractivity contribution >= 4 is 3.71 Å². The predicted octanol–water partition coefficient (Wildman–Crippen LogP) is 3.52. The fourth-order valence-electron chi connectivity index (χ4n) is 4.54. The van der Waals surface area contributed by atoms with Gasteiger partial charge in [-0.25, -0.2) is 11.1 Å². The molecule has 4 heteroatoms. The van der Waals surface area contributed by atoms with Crippen LogP contribution in [0.2, 0.25) is 0 Å². The number of halogens is 3. The fraction of sp³-hybridized carbons (Fsp3) is 0.361. The first kappa shape index (κ1) is 36.4. The van der Waals surface area contributed by atoms with Crippen LogP contribution < -0.4 is 24.8 Å². The third-order valence-electron chi connectivity index (χ3n) is 7.10. The second-order valence-electron chi connectivity index (χ2n) is 12.4. The van der Waals surface area contributed by atoms with Gasteiger partial charge < -0.3 is 24.8 Å². The summed E-state index contributed by atoms with van der Waals surface area (Å²) in [5.74, 6) is 0.381. The molecule has 0 bridgehead atoms. The maximum atomic E-state index is 12.2. The largest absolute Gasteiger partial charge is 1.00 e. The van der Waals surface area contributed by atoms with Crippen LogP contribution in [0.15, 0.2) is 71.8 Å². The molecule has 0 N–H and O–H groups in total. The van der Waals surface area contributed by atoms with E-state index in [1.54, 1.807) is 12.1 Å². The van der Waals surface area contributed by atoms with E-state index in [4.69, 9.17) is 0 Å². The molecule has 2 aliphatic rings. The summed E-state index contributed by atoms with van der Waals surface area (Å²) in [5, 5.41) is 0. The zero-order chi connectivity index (χ0) is 28.3. The Hall–Kier alpha value is -1.60. The Bertz CT molecular complexity index is 1270. The Morgan fingerprint density at radius 2 is 1.43 bits per heavy atom. The molecular weight excluding hydrogens is 614 g/mol. The van der Waals surface area contributed by atoms with Crippen molar-refractivity contribution in [3.63, 3.8) is 0 Å². The van der Waals surface area contributed by atoms with Gasteiger partial charge in [-0.15, -0.1) is 12.5 Å². The minimum atomic E-state index is -0.170. The Balaban J connectivity index is 0.000000350. The van der Waals surface area contributed by atoms with E-state index in [0.29, 0.717) is 5.92 Å². The quantitative estimate of drug-likeness (QED) is 0.276. The third-order valence-corrected chi connectivity index (χ3v) is 7.92. The van der Waals surface area contributed by atoms with E-state index in [1.807, 2.05) is 3.71 Å². The first-order chi connectivity index (χ1) is 17.7. The van der Waals surface area contributed by atoms with E-state index in [1.165, 1.54) is 80.9 Å². The summed E-state index contributed by atoms with van der Waals surface area (Å²) in [5.41, 5.74) is 12.6. The molecule has 0 amide bonds. The van der Waals surface area contributed by atoms with Crippen molar-refractivity contribution in [3.8, 4) is 11.1 Å². The standard InChI is InChI=1S/C21H25.C8H11.C7H5F.2ClH.Zr/c1-20(2,3)16-9-7-14-11-15-8-10-17(21(4,5)6)13-19(15)18(14)12-16;1-6-4-7(2)8(3)5-6;1-6-2-4-7(8)5-3-6;;;/h7,9-10,12-13H,11H2,1-6H3;4,6H,1-3H3;1-5H;2*1H;/q2*-1;;;;+2/p-2. The second kappa shape index (κ2) is 15.0. The number of benzene rings is 3. The Morgan fingerprint density at radius 1 is 0.850 bits per heavy atom. The summed E-state index contributed by atoms with van der Waals surface area (Å²) in [6.45, 7) is 20.0. The van der Waals surface area contributed by atoms with E-state index < -0.39 is 0 Å². The van der Waals surface area contributed by atoms with Gasteiger partial charge in [-0.3, -0.25) is 6.08 Å². The SMILES string of the molecule is CC(C)(C)c1c[c-]c2c(c1)-c1cc(C(C)(C)C)ccc1C2.CC1=[C-]C(C)C=C1C.Fc1ccc([CH]=[Zr+2])cc1.[Cl-].[Cl-]. The molecule has 0 nitrogen and oxygen atoms in total. The van der Waals surface area contributed by atoms with Crippen LogP contribution >= 0.6 is 0 Å². The molecule has 0 heterocycles. The van der Waals surface area contributed by atoms with E-state index in [-0.39, 0.29) is 41.5 Å². The van der Waals surface area contributed by atoms with Gasteiger partial charge in [0.15, 0.2) is 0 Å². The smallest absolute Gasteiger partial charge is 1.00 e. The molecule has 0 saturated carbocycles. The molecule has 2 aliphatic carbocycles. The Morgan fingerprint density at radius 3 is 1.88 bits per heavy atom. The molecule has 1 atom stereocenters. The van der Waals surface area contributed by atoms with Gasteiger partial charge >= 0.3 is 68.0 Å². The van der Waals surface area contributed by atoms with Crippen LogP contribution in [0.4, 0.5) is 4.39 Å². The van der Waals surface area contributed by atoms with Crippen LogP contribution in [0.25, 0.3) is 11.1 Å². The Labute approximate surface area is 269 Å². The van der Waals surface area contributed by atoms with E-state index in [2.05, 4.69) is 111 Å². The molecule has 0 saturated heterocycles. The minimum Gasteiger partial charge on any atom is -1.00 e. The van der Waals surface area contributed by atoms with Gasteiger partial charge in [0.1, 0.15) is 0 Å². The van der Waals surface area contributed by atoms with Crippen LogP contribution in [0.3, 0.4) is 0 Å². The van der Waals surface area contributed by atoms with Gasteiger partial charge in [-0.2, -0.15) is 35.4 Å². The molecule has 0 spiro atoms. The minimum absolute atomic E-state index is 0. The van der Waals surface area contributed by atoms with E-state index in [0.717, 1.165) is 12.0 Å². The molecule has 0 aliphatic heterocycles. The maximum Gasteiger partial charge on any atom is -1.00 e. The van der Waals surface area contributed by atoms with Crippen molar-refractivity contribution in [2.75, 3.05) is 0 Å². The van der Waals surface area contributed by atoms with Gasteiger partial charge in [0.2, 0.25) is 0 Å². The number of allylic oxidation sites excluding steroid dienone is 4. The van der Waals surface area contributed by atoms with Gasteiger partial charge in [0, 0.05) is 0 Å². The molecule has 3 aromatic rings. The normalized spacial score (nSPS) is 14.9. The van der Waals surface area contributed by atoms with E-state index >= 15 is 0 Å². The number of rotatable bonds is 1. The average molecular weight is 655 g/mol. The fourth-order valence-corrected chi connectivity index (χ4v) is 5.01. The average Bonchev–Trinajstić information content (AvgIpc) is 3.35. The topological polar surface area (TPSA) is 0 Å². The molecule has 0 aromatic heterocycles. The van der Waals surface area contributed by atoms with Gasteiger partial charge in [0.05, 0.1) is 0 Å². The monoisotopic (exact) mass is 652 g/mol. The summed E-state index contributed by atoms with van der Waals surface area (Å²) in [6.07, 6.45) is 6.55. The third kappa shape index (κ3) is 9.75. The van der Waals surface area contributed by atoms with Crippen molar-refractivity contribution in [1.82, 2.24) is 0 Å². The zero-order valence-electron chi connectivity index (χ0n) is 25.3. The summed E-state index contributed by atoms with van der Waals surface area (Å²) >= 11 is 1.34. The molecule has 40 heavy (non-hydrogen) atoms. The molecule has 3 aromatic carbocycles. The summed E-state index contributed by atoms with van der Waals surface area (Å²) in [4.78, 5) is 0. The van der Waals surface area contributed by atoms with Crippen LogP contribution in [0.1, 0.15) is 90.1 Å². The summed E-state index contributed by atoms with van der Waals surface area (Å²) < 4.78 is 14.2. The van der Waals surface area contributed by atoms with Gasteiger partial charge in [-0.1, -0.05) is 96.0 Å². The molecule has 0 fully saturated rings. The molecule has 5 rings (SSSR count). The molecule has 0 radical (unpaired) electrons. The first-order valence-corrected chi connectivity index (χ1v) is 14.8. The van der Waals surface area contributed by atoms with Crippen LogP contribution in [0, 0.1) is 23.9 Å². The summed E-state index contributed by atoms with van der Waals surface area (Å²) in [6, 6.07) is 21.5. The summed E-state index contributed by atoms with van der Waals surface area (Å²) in [7, 11) is 0. The van der Waals surface area contributed by atoms with Crippen molar-refractivity contribution in [2.45, 2.75) is 79.6 Å². The second-order valence-corrected chi connectivity index (χ2v) is 13.1. The molecule has 1 unspecified atom stereocenters. The van der Waals surface area contributed by atoms with Crippen LogP contribution in [0.5, 0.6) is 0 Å². The van der Waals surface area contributed by atoms with Gasteiger partial charge in [-0.05, 0) is 17.4 Å². The number of hydrogen-bond donors (Lipinski definition) is 0. The zero-order valence-corrected chi connectivity index (χ0v) is 29.2. The number of fused-ring (bicyclic) bond motifs is 3. The maximum absolute atomic E-state index is 12.2. The van der Waals surface area contributed by atoms with Crippen molar-refractivity contribution < 1.29 is 53.4 Å². The van der Waals surface area contributed by atoms with Crippen molar-refractivity contribution in [2.24, 2.45) is 5.92 Å². The Kier molecular flexibility index (Phi) is 13.7. The molecular formula is C36H41Cl2FZr-2. The number of hydrogen-bond acceptors (Lipinski definition) is 0. The van der Waals surface area contributed by atoms with Crippen LogP contribution in [-0.2, 0) is 41.5 Å². The van der Waals surface area contributed by atoms with Crippen molar-refractivity contribution in [3.05, 3.63) is 118 Å². The molecule has 212 valence electrons. The van der Waals surface area contributed by atoms with Crippen molar-refractivity contribution in [1.29, 1.82) is 0 Å².